The number of nitrogens with zero attached hydrogens (tertiary/aromatic N) is 3. The monoisotopic (exact) mass is 469 g/mol. The summed E-state index contributed by atoms with van der Waals surface area (Å²) in [6.07, 6.45) is 1.74. The van der Waals surface area contributed by atoms with Crippen LogP contribution in [-0.2, 0) is 18.3 Å². The molecule has 5 rings (SSSR count). The normalized spacial score (nSPS) is 11.4. The van der Waals surface area contributed by atoms with Crippen molar-refractivity contribution in [1.29, 1.82) is 0 Å². The second-order valence-corrected chi connectivity index (χ2v) is 10.2. The van der Waals surface area contributed by atoms with Crippen molar-refractivity contribution in [2.75, 3.05) is 0 Å². The predicted molar refractivity (Wildman–Crippen MR) is 148 cm³/mol. The zero-order valence-electron chi connectivity index (χ0n) is 21.1. The maximum atomic E-state index is 4.98. The first kappa shape index (κ1) is 23.6. The summed E-state index contributed by atoms with van der Waals surface area (Å²) in [6.45, 7) is 6.44. The molecule has 0 radical (unpaired) electrons. The lowest BCUT2D eigenvalue weighted by atomic mass is 9.95. The summed E-state index contributed by atoms with van der Waals surface area (Å²) in [5.41, 5.74) is 6.90. The van der Waals surface area contributed by atoms with Crippen molar-refractivity contribution < 1.29 is 0 Å². The van der Waals surface area contributed by atoms with Gasteiger partial charge in [-0.25, -0.2) is 15.0 Å². The molecule has 0 aliphatic carbocycles. The van der Waals surface area contributed by atoms with Gasteiger partial charge in [-0.15, -0.1) is 0 Å². The third kappa shape index (κ3) is 5.58. The van der Waals surface area contributed by atoms with E-state index in [1.165, 1.54) is 22.3 Å². The Morgan fingerprint density at radius 1 is 0.500 bits per heavy atom. The molecule has 0 unspecified atom stereocenters. The van der Waals surface area contributed by atoms with Gasteiger partial charge in [0, 0.05) is 16.5 Å². The van der Waals surface area contributed by atoms with E-state index in [4.69, 9.17) is 15.0 Å². The first-order valence-corrected chi connectivity index (χ1v) is 12.5. The number of benzene rings is 4. The van der Waals surface area contributed by atoms with E-state index in [9.17, 15) is 0 Å². The number of hydrogen-bond donors (Lipinski definition) is 0. The van der Waals surface area contributed by atoms with Gasteiger partial charge in [-0.1, -0.05) is 130 Å². The fraction of sp³-hybridized carbons (Fsp3) is 0.182. The van der Waals surface area contributed by atoms with Crippen molar-refractivity contribution >= 4 is 0 Å². The highest BCUT2D eigenvalue weighted by atomic mass is 15.0. The van der Waals surface area contributed by atoms with E-state index in [-0.39, 0.29) is 5.41 Å². The molecule has 0 spiro atoms. The van der Waals surface area contributed by atoms with Crippen LogP contribution in [0.3, 0.4) is 0 Å². The Morgan fingerprint density at radius 2 is 1.03 bits per heavy atom. The van der Waals surface area contributed by atoms with E-state index in [1.54, 1.807) is 0 Å². The standard InChI is InChI=1S/C33H31N3/c1-33(2,3)32-35-30(27-20-18-26(19-21-27)22-24-12-6-4-7-13-24)34-31(36-32)29-17-11-10-16-28(29)23-25-14-8-5-9-15-25/h4-21H,22-23H2,1-3H3. The number of rotatable bonds is 6. The van der Waals surface area contributed by atoms with Gasteiger partial charge in [0.05, 0.1) is 0 Å². The quantitative estimate of drug-likeness (QED) is 0.256. The molecule has 0 saturated carbocycles. The van der Waals surface area contributed by atoms with Crippen molar-refractivity contribution in [2.45, 2.75) is 39.0 Å². The average Bonchev–Trinajstić information content (AvgIpc) is 2.90. The van der Waals surface area contributed by atoms with Gasteiger partial charge in [0.1, 0.15) is 5.82 Å². The van der Waals surface area contributed by atoms with Gasteiger partial charge in [0.25, 0.3) is 0 Å². The van der Waals surface area contributed by atoms with Gasteiger partial charge in [-0.05, 0) is 35.1 Å². The zero-order valence-corrected chi connectivity index (χ0v) is 21.1. The van der Waals surface area contributed by atoms with Gasteiger partial charge < -0.3 is 0 Å². The molecule has 1 aromatic heterocycles. The summed E-state index contributed by atoms with van der Waals surface area (Å²) in [6, 6.07) is 38.1. The van der Waals surface area contributed by atoms with Gasteiger partial charge in [-0.3, -0.25) is 0 Å². The molecule has 0 amide bonds. The molecule has 0 bridgehead atoms. The molecule has 0 fully saturated rings. The fourth-order valence-corrected chi connectivity index (χ4v) is 4.27. The lowest BCUT2D eigenvalue weighted by Gasteiger charge is -2.19. The van der Waals surface area contributed by atoms with Crippen LogP contribution in [0.5, 0.6) is 0 Å². The lowest BCUT2D eigenvalue weighted by molar-refractivity contribution is 0.543. The topological polar surface area (TPSA) is 38.7 Å². The van der Waals surface area contributed by atoms with Crippen LogP contribution in [-0.4, -0.2) is 15.0 Å². The van der Waals surface area contributed by atoms with Crippen LogP contribution in [0.15, 0.2) is 109 Å². The third-order valence-corrected chi connectivity index (χ3v) is 6.27. The Hall–Kier alpha value is -4.11. The van der Waals surface area contributed by atoms with E-state index in [1.807, 2.05) is 6.07 Å². The van der Waals surface area contributed by atoms with Crippen LogP contribution in [0.4, 0.5) is 0 Å². The Bertz CT molecular complexity index is 1430. The van der Waals surface area contributed by atoms with Crippen molar-refractivity contribution in [3.05, 3.63) is 137 Å². The van der Waals surface area contributed by atoms with E-state index in [0.717, 1.165) is 35.6 Å². The molecule has 0 N–H and O–H groups in total. The second kappa shape index (κ2) is 10.2. The summed E-state index contributed by atoms with van der Waals surface area (Å²) in [5, 5.41) is 0. The highest BCUT2D eigenvalue weighted by Crippen LogP contribution is 2.28. The minimum Gasteiger partial charge on any atom is -0.212 e. The van der Waals surface area contributed by atoms with Crippen LogP contribution in [0.1, 0.15) is 48.8 Å². The molecule has 0 aliphatic heterocycles. The third-order valence-electron chi connectivity index (χ3n) is 6.27. The largest absolute Gasteiger partial charge is 0.212 e. The van der Waals surface area contributed by atoms with E-state index >= 15 is 0 Å². The van der Waals surface area contributed by atoms with Crippen molar-refractivity contribution in [3.8, 4) is 22.8 Å². The highest BCUT2D eigenvalue weighted by Gasteiger charge is 2.22. The van der Waals surface area contributed by atoms with Crippen LogP contribution in [0.2, 0.25) is 0 Å². The maximum Gasteiger partial charge on any atom is 0.164 e. The smallest absolute Gasteiger partial charge is 0.164 e. The number of aromatic nitrogens is 3. The Balaban J connectivity index is 1.53. The molecular formula is C33H31N3. The summed E-state index contributed by atoms with van der Waals surface area (Å²) in [4.78, 5) is 14.8. The molecule has 3 heteroatoms. The maximum absolute atomic E-state index is 4.98. The summed E-state index contributed by atoms with van der Waals surface area (Å²) in [5.74, 6) is 2.24. The van der Waals surface area contributed by atoms with Crippen molar-refractivity contribution in [2.24, 2.45) is 0 Å². The van der Waals surface area contributed by atoms with Crippen LogP contribution in [0.25, 0.3) is 22.8 Å². The van der Waals surface area contributed by atoms with E-state index in [0.29, 0.717) is 5.82 Å². The van der Waals surface area contributed by atoms with Crippen molar-refractivity contribution in [3.63, 3.8) is 0 Å². The predicted octanol–water partition coefficient (Wildman–Crippen LogP) is 7.68. The molecule has 0 saturated heterocycles. The van der Waals surface area contributed by atoms with Gasteiger partial charge in [-0.2, -0.15) is 0 Å². The average molecular weight is 470 g/mol. The van der Waals surface area contributed by atoms with Crippen LogP contribution >= 0.6 is 0 Å². The summed E-state index contributed by atoms with van der Waals surface area (Å²) in [7, 11) is 0. The molecule has 3 nitrogen and oxygen atoms in total. The van der Waals surface area contributed by atoms with Crippen LogP contribution < -0.4 is 0 Å². The minimum atomic E-state index is -0.200. The Kier molecular flexibility index (Phi) is 6.73. The first-order valence-electron chi connectivity index (χ1n) is 12.5. The fourth-order valence-electron chi connectivity index (χ4n) is 4.27. The molecule has 0 aliphatic rings. The molecule has 4 aromatic carbocycles. The molecule has 1 heterocycles. The van der Waals surface area contributed by atoms with E-state index in [2.05, 4.69) is 124 Å². The van der Waals surface area contributed by atoms with Crippen molar-refractivity contribution in [1.82, 2.24) is 15.0 Å². The second-order valence-electron chi connectivity index (χ2n) is 10.2. The summed E-state index contributed by atoms with van der Waals surface area (Å²) < 4.78 is 0. The zero-order chi connectivity index (χ0) is 25.0. The summed E-state index contributed by atoms with van der Waals surface area (Å²) >= 11 is 0. The van der Waals surface area contributed by atoms with Crippen LogP contribution in [0, 0.1) is 0 Å². The van der Waals surface area contributed by atoms with E-state index < -0.39 is 0 Å². The molecule has 36 heavy (non-hydrogen) atoms. The Morgan fingerprint density at radius 3 is 1.67 bits per heavy atom. The number of hydrogen-bond acceptors (Lipinski definition) is 3. The molecule has 0 atom stereocenters. The first-order chi connectivity index (χ1) is 17.5. The van der Waals surface area contributed by atoms with Gasteiger partial charge in [0.15, 0.2) is 11.6 Å². The van der Waals surface area contributed by atoms with Gasteiger partial charge in [0.2, 0.25) is 0 Å². The highest BCUT2D eigenvalue weighted by molar-refractivity contribution is 5.65. The lowest BCUT2D eigenvalue weighted by Crippen LogP contribution is -2.18. The Labute approximate surface area is 214 Å². The minimum absolute atomic E-state index is 0.200. The molecule has 178 valence electrons. The molecular weight excluding hydrogens is 438 g/mol. The molecule has 5 aromatic rings. The SMILES string of the molecule is CC(C)(C)c1nc(-c2ccc(Cc3ccccc3)cc2)nc(-c2ccccc2Cc2ccccc2)n1. The van der Waals surface area contributed by atoms with Gasteiger partial charge >= 0.3 is 0 Å².